The SMILES string of the molecule is CC(CN)CC(=O)Cc1nccs1. The minimum absolute atomic E-state index is 0.230. The van der Waals surface area contributed by atoms with Crippen LogP contribution in [0.3, 0.4) is 0 Å². The van der Waals surface area contributed by atoms with E-state index in [1.807, 2.05) is 12.3 Å². The average Bonchev–Trinajstić information content (AvgIpc) is 2.56. The number of ketones is 1. The number of Topliss-reactive ketones (excluding diaryl/α,β-unsaturated/α-hetero) is 1. The molecule has 1 rings (SSSR count). The Hall–Kier alpha value is -0.740. The summed E-state index contributed by atoms with van der Waals surface area (Å²) in [7, 11) is 0. The van der Waals surface area contributed by atoms with Crippen molar-refractivity contribution < 1.29 is 4.79 Å². The first-order chi connectivity index (χ1) is 6.22. The van der Waals surface area contributed by atoms with Crippen molar-refractivity contribution in [1.82, 2.24) is 4.98 Å². The molecule has 0 aliphatic rings. The van der Waals surface area contributed by atoms with Crippen LogP contribution in [0.15, 0.2) is 11.6 Å². The van der Waals surface area contributed by atoms with Crippen molar-refractivity contribution in [3.8, 4) is 0 Å². The molecule has 0 radical (unpaired) electrons. The Labute approximate surface area is 82.0 Å². The lowest BCUT2D eigenvalue weighted by molar-refractivity contribution is -0.119. The van der Waals surface area contributed by atoms with Gasteiger partial charge < -0.3 is 5.73 Å². The minimum atomic E-state index is 0.230. The first kappa shape index (κ1) is 10.3. The van der Waals surface area contributed by atoms with Crippen LogP contribution < -0.4 is 5.73 Å². The molecule has 1 atom stereocenters. The van der Waals surface area contributed by atoms with Crippen LogP contribution >= 0.6 is 11.3 Å². The summed E-state index contributed by atoms with van der Waals surface area (Å²) in [6.07, 6.45) is 2.75. The number of hydrogen-bond acceptors (Lipinski definition) is 4. The summed E-state index contributed by atoms with van der Waals surface area (Å²) in [5.41, 5.74) is 5.43. The molecular weight excluding hydrogens is 184 g/mol. The maximum absolute atomic E-state index is 11.4. The third kappa shape index (κ3) is 3.65. The second kappa shape index (κ2) is 5.09. The van der Waals surface area contributed by atoms with Gasteiger partial charge in [0.15, 0.2) is 0 Å². The Kier molecular flexibility index (Phi) is 4.05. The molecule has 1 aromatic heterocycles. The molecule has 0 spiro atoms. The molecule has 1 aromatic rings. The number of thiazole rings is 1. The Morgan fingerprint density at radius 2 is 2.54 bits per heavy atom. The molecule has 72 valence electrons. The number of rotatable bonds is 5. The fraction of sp³-hybridized carbons (Fsp3) is 0.556. The van der Waals surface area contributed by atoms with Crippen LogP contribution in [0.25, 0.3) is 0 Å². The van der Waals surface area contributed by atoms with Gasteiger partial charge in [-0.1, -0.05) is 6.92 Å². The van der Waals surface area contributed by atoms with E-state index in [0.717, 1.165) is 5.01 Å². The third-order valence-electron chi connectivity index (χ3n) is 1.81. The van der Waals surface area contributed by atoms with Crippen molar-refractivity contribution in [2.45, 2.75) is 19.8 Å². The van der Waals surface area contributed by atoms with E-state index in [4.69, 9.17) is 5.73 Å². The summed E-state index contributed by atoms with van der Waals surface area (Å²) in [4.78, 5) is 15.4. The lowest BCUT2D eigenvalue weighted by Gasteiger charge is -2.05. The second-order valence-corrected chi connectivity index (χ2v) is 4.17. The molecule has 0 saturated heterocycles. The normalized spacial score (nSPS) is 12.8. The molecule has 0 amide bonds. The molecule has 0 aliphatic heterocycles. The van der Waals surface area contributed by atoms with Gasteiger partial charge in [0.1, 0.15) is 5.78 Å². The first-order valence-corrected chi connectivity index (χ1v) is 5.20. The number of carbonyl (C=O) groups excluding carboxylic acids is 1. The highest BCUT2D eigenvalue weighted by Gasteiger charge is 2.09. The molecule has 1 unspecified atom stereocenters. The number of aromatic nitrogens is 1. The smallest absolute Gasteiger partial charge is 0.140 e. The van der Waals surface area contributed by atoms with Gasteiger partial charge in [0, 0.05) is 18.0 Å². The summed E-state index contributed by atoms with van der Waals surface area (Å²) >= 11 is 1.52. The predicted octanol–water partition coefficient (Wildman–Crippen LogP) is 1.24. The molecule has 2 N–H and O–H groups in total. The molecule has 0 bridgehead atoms. The van der Waals surface area contributed by atoms with Gasteiger partial charge in [-0.15, -0.1) is 11.3 Å². The van der Waals surface area contributed by atoms with Crippen molar-refractivity contribution in [2.75, 3.05) is 6.54 Å². The summed E-state index contributed by atoms with van der Waals surface area (Å²) in [5, 5.41) is 2.78. The van der Waals surface area contributed by atoms with E-state index in [9.17, 15) is 4.79 Å². The fourth-order valence-electron chi connectivity index (χ4n) is 1.05. The lowest BCUT2D eigenvalue weighted by atomic mass is 10.0. The van der Waals surface area contributed by atoms with E-state index < -0.39 is 0 Å². The Morgan fingerprint density at radius 3 is 3.08 bits per heavy atom. The van der Waals surface area contributed by atoms with Crippen LogP contribution in [0.5, 0.6) is 0 Å². The molecule has 0 saturated carbocycles. The highest BCUT2D eigenvalue weighted by molar-refractivity contribution is 7.09. The monoisotopic (exact) mass is 198 g/mol. The van der Waals surface area contributed by atoms with E-state index in [0.29, 0.717) is 19.4 Å². The molecule has 4 heteroatoms. The topological polar surface area (TPSA) is 56.0 Å². The highest BCUT2D eigenvalue weighted by Crippen LogP contribution is 2.08. The zero-order chi connectivity index (χ0) is 9.68. The Balaban J connectivity index is 2.34. The molecule has 1 heterocycles. The van der Waals surface area contributed by atoms with Crippen molar-refractivity contribution in [3.63, 3.8) is 0 Å². The van der Waals surface area contributed by atoms with Crippen LogP contribution in [0, 0.1) is 5.92 Å². The molecule has 13 heavy (non-hydrogen) atoms. The molecule has 0 aliphatic carbocycles. The standard InChI is InChI=1S/C9H14N2OS/c1-7(6-10)4-8(12)5-9-11-2-3-13-9/h2-3,7H,4-6,10H2,1H3. The fourth-order valence-corrected chi connectivity index (χ4v) is 1.70. The van der Waals surface area contributed by atoms with Gasteiger partial charge in [0.05, 0.1) is 11.4 Å². The average molecular weight is 198 g/mol. The van der Waals surface area contributed by atoms with Gasteiger partial charge in [-0.3, -0.25) is 4.79 Å². The van der Waals surface area contributed by atoms with Crippen molar-refractivity contribution >= 4 is 17.1 Å². The largest absolute Gasteiger partial charge is 0.330 e. The van der Waals surface area contributed by atoms with Gasteiger partial charge in [-0.25, -0.2) is 4.98 Å². The van der Waals surface area contributed by atoms with Crippen molar-refractivity contribution in [3.05, 3.63) is 16.6 Å². The van der Waals surface area contributed by atoms with Gasteiger partial charge in [0.2, 0.25) is 0 Å². The quantitative estimate of drug-likeness (QED) is 0.774. The van der Waals surface area contributed by atoms with E-state index in [2.05, 4.69) is 4.98 Å². The lowest BCUT2D eigenvalue weighted by Crippen LogP contribution is -2.16. The third-order valence-corrected chi connectivity index (χ3v) is 2.59. The maximum atomic E-state index is 11.4. The number of nitrogens with two attached hydrogens (primary N) is 1. The van der Waals surface area contributed by atoms with Crippen LogP contribution in [0.1, 0.15) is 18.4 Å². The van der Waals surface area contributed by atoms with Gasteiger partial charge >= 0.3 is 0 Å². The second-order valence-electron chi connectivity index (χ2n) is 3.19. The minimum Gasteiger partial charge on any atom is -0.330 e. The van der Waals surface area contributed by atoms with E-state index in [1.54, 1.807) is 6.20 Å². The Morgan fingerprint density at radius 1 is 1.77 bits per heavy atom. The zero-order valence-electron chi connectivity index (χ0n) is 7.69. The van der Waals surface area contributed by atoms with E-state index in [1.165, 1.54) is 11.3 Å². The highest BCUT2D eigenvalue weighted by atomic mass is 32.1. The zero-order valence-corrected chi connectivity index (χ0v) is 8.51. The van der Waals surface area contributed by atoms with Crippen LogP contribution in [0.4, 0.5) is 0 Å². The van der Waals surface area contributed by atoms with E-state index in [-0.39, 0.29) is 11.7 Å². The number of nitrogens with zero attached hydrogens (tertiary/aromatic N) is 1. The summed E-state index contributed by atoms with van der Waals surface area (Å²) in [6, 6.07) is 0. The number of carbonyl (C=O) groups is 1. The van der Waals surface area contributed by atoms with Gasteiger partial charge in [-0.05, 0) is 12.5 Å². The predicted molar refractivity (Wildman–Crippen MR) is 53.7 cm³/mol. The van der Waals surface area contributed by atoms with Crippen LogP contribution in [-0.4, -0.2) is 17.3 Å². The van der Waals surface area contributed by atoms with Crippen LogP contribution in [0.2, 0.25) is 0 Å². The van der Waals surface area contributed by atoms with E-state index >= 15 is 0 Å². The maximum Gasteiger partial charge on any atom is 0.140 e. The van der Waals surface area contributed by atoms with Crippen molar-refractivity contribution in [1.29, 1.82) is 0 Å². The van der Waals surface area contributed by atoms with Gasteiger partial charge in [0.25, 0.3) is 0 Å². The van der Waals surface area contributed by atoms with Crippen LogP contribution in [-0.2, 0) is 11.2 Å². The summed E-state index contributed by atoms with van der Waals surface area (Å²) < 4.78 is 0. The van der Waals surface area contributed by atoms with Gasteiger partial charge in [-0.2, -0.15) is 0 Å². The van der Waals surface area contributed by atoms with Crippen molar-refractivity contribution in [2.24, 2.45) is 11.7 Å². The summed E-state index contributed by atoms with van der Waals surface area (Å²) in [5.74, 6) is 0.514. The molecule has 3 nitrogen and oxygen atoms in total. The molecule has 0 fully saturated rings. The Bertz CT molecular complexity index is 259. The molecular formula is C9H14N2OS. The first-order valence-electron chi connectivity index (χ1n) is 4.32. The molecule has 0 aromatic carbocycles. The summed E-state index contributed by atoms with van der Waals surface area (Å²) in [6.45, 7) is 2.56. The number of hydrogen-bond donors (Lipinski definition) is 1.